The Bertz CT molecular complexity index is 646. The van der Waals surface area contributed by atoms with Gasteiger partial charge in [0.15, 0.2) is 5.82 Å². The number of hydrogen-bond acceptors (Lipinski definition) is 5. The quantitative estimate of drug-likeness (QED) is 0.919. The van der Waals surface area contributed by atoms with Gasteiger partial charge in [-0.1, -0.05) is 11.2 Å². The molecule has 21 heavy (non-hydrogen) atoms. The first kappa shape index (κ1) is 13.8. The molecular formula is C14H15N3O3S. The van der Waals surface area contributed by atoms with Gasteiger partial charge in [-0.05, 0) is 31.2 Å². The summed E-state index contributed by atoms with van der Waals surface area (Å²) in [6, 6.07) is 5.42. The van der Waals surface area contributed by atoms with Crippen molar-refractivity contribution in [2.45, 2.75) is 25.8 Å². The van der Waals surface area contributed by atoms with E-state index in [0.717, 1.165) is 12.8 Å². The fourth-order valence-electron chi connectivity index (χ4n) is 2.06. The van der Waals surface area contributed by atoms with Crippen molar-refractivity contribution < 1.29 is 14.1 Å². The lowest BCUT2D eigenvalue weighted by Crippen LogP contribution is -2.39. The number of hydrogen-bond donors (Lipinski definition) is 1. The monoisotopic (exact) mass is 305 g/mol. The Hall–Kier alpha value is -2.15. The summed E-state index contributed by atoms with van der Waals surface area (Å²) < 4.78 is 4.89. The molecule has 0 aliphatic heterocycles. The Morgan fingerprint density at radius 1 is 1.52 bits per heavy atom. The topological polar surface area (TPSA) is 75.4 Å². The van der Waals surface area contributed by atoms with Gasteiger partial charge in [-0.3, -0.25) is 9.59 Å². The van der Waals surface area contributed by atoms with Gasteiger partial charge in [0.25, 0.3) is 5.91 Å². The largest absolute Gasteiger partial charge is 0.360 e. The van der Waals surface area contributed by atoms with Crippen LogP contribution in [0, 0.1) is 6.92 Å². The molecule has 2 heterocycles. The van der Waals surface area contributed by atoms with Crippen LogP contribution >= 0.6 is 11.3 Å². The van der Waals surface area contributed by atoms with Crippen molar-refractivity contribution in [1.82, 2.24) is 10.1 Å². The fraction of sp³-hybridized carbons (Fsp3) is 0.357. The molecule has 0 radical (unpaired) electrons. The van der Waals surface area contributed by atoms with Gasteiger partial charge >= 0.3 is 0 Å². The molecule has 110 valence electrons. The minimum absolute atomic E-state index is 0.0350. The highest BCUT2D eigenvalue weighted by Crippen LogP contribution is 2.29. The lowest BCUT2D eigenvalue weighted by molar-refractivity contribution is -0.117. The number of rotatable bonds is 5. The van der Waals surface area contributed by atoms with E-state index in [9.17, 15) is 9.59 Å². The Morgan fingerprint density at radius 3 is 2.90 bits per heavy atom. The van der Waals surface area contributed by atoms with Gasteiger partial charge in [-0.15, -0.1) is 11.3 Å². The lowest BCUT2D eigenvalue weighted by atomic mass is 10.3. The molecule has 7 heteroatoms. The van der Waals surface area contributed by atoms with Gasteiger partial charge in [0.1, 0.15) is 12.3 Å². The summed E-state index contributed by atoms with van der Waals surface area (Å²) in [6.45, 7) is 1.78. The number of nitrogens with zero attached hydrogens (tertiary/aromatic N) is 2. The Balaban J connectivity index is 1.65. The molecule has 2 amide bonds. The van der Waals surface area contributed by atoms with Crippen molar-refractivity contribution in [3.8, 4) is 0 Å². The summed E-state index contributed by atoms with van der Waals surface area (Å²) in [6.07, 6.45) is 1.90. The van der Waals surface area contributed by atoms with Crippen LogP contribution in [-0.2, 0) is 4.79 Å². The number of thiophene rings is 1. The number of anilines is 1. The molecule has 1 aliphatic carbocycles. The molecule has 2 aromatic heterocycles. The predicted molar refractivity (Wildman–Crippen MR) is 78.2 cm³/mol. The van der Waals surface area contributed by atoms with Crippen LogP contribution in [0.15, 0.2) is 28.1 Å². The molecule has 3 rings (SSSR count). The lowest BCUT2D eigenvalue weighted by Gasteiger charge is -2.20. The van der Waals surface area contributed by atoms with Crippen LogP contribution in [-0.4, -0.2) is 34.5 Å². The molecule has 0 aromatic carbocycles. The predicted octanol–water partition coefficient (Wildman–Crippen LogP) is 2.29. The van der Waals surface area contributed by atoms with E-state index in [4.69, 9.17) is 4.52 Å². The van der Waals surface area contributed by atoms with Crippen molar-refractivity contribution in [1.29, 1.82) is 0 Å². The third kappa shape index (κ3) is 3.30. The van der Waals surface area contributed by atoms with Crippen molar-refractivity contribution in [3.63, 3.8) is 0 Å². The number of carbonyl (C=O) groups is 2. The van der Waals surface area contributed by atoms with Crippen LogP contribution in [0.1, 0.15) is 28.3 Å². The van der Waals surface area contributed by atoms with Crippen molar-refractivity contribution in [2.75, 3.05) is 11.9 Å². The Morgan fingerprint density at radius 2 is 2.33 bits per heavy atom. The normalized spacial score (nSPS) is 14.0. The minimum Gasteiger partial charge on any atom is -0.360 e. The number of aryl methyl sites for hydroxylation is 1. The maximum Gasteiger partial charge on any atom is 0.264 e. The van der Waals surface area contributed by atoms with Crippen molar-refractivity contribution >= 4 is 29.0 Å². The number of nitrogens with one attached hydrogen (secondary N) is 1. The number of aromatic nitrogens is 1. The first-order valence-corrected chi connectivity index (χ1v) is 7.59. The zero-order valence-corrected chi connectivity index (χ0v) is 12.4. The Kier molecular flexibility index (Phi) is 3.74. The minimum atomic E-state index is -0.264. The van der Waals surface area contributed by atoms with E-state index in [2.05, 4.69) is 10.5 Å². The molecule has 0 bridgehead atoms. The average Bonchev–Trinajstić information content (AvgIpc) is 2.97. The smallest absolute Gasteiger partial charge is 0.264 e. The highest BCUT2D eigenvalue weighted by atomic mass is 32.1. The molecule has 0 spiro atoms. The molecule has 1 N–H and O–H groups in total. The zero-order chi connectivity index (χ0) is 14.8. The molecule has 1 aliphatic rings. The van der Waals surface area contributed by atoms with Crippen LogP contribution in [0.4, 0.5) is 5.82 Å². The molecule has 1 saturated carbocycles. The molecule has 0 atom stereocenters. The van der Waals surface area contributed by atoms with Gasteiger partial charge in [0.05, 0.1) is 4.88 Å². The van der Waals surface area contributed by atoms with E-state index in [-0.39, 0.29) is 24.4 Å². The van der Waals surface area contributed by atoms with Crippen molar-refractivity contribution in [2.24, 2.45) is 0 Å². The maximum atomic E-state index is 12.4. The molecule has 6 nitrogen and oxygen atoms in total. The van der Waals surface area contributed by atoms with E-state index in [1.807, 2.05) is 11.4 Å². The summed E-state index contributed by atoms with van der Waals surface area (Å²) in [5, 5.41) is 8.21. The van der Waals surface area contributed by atoms with Gasteiger partial charge < -0.3 is 14.7 Å². The molecule has 1 fully saturated rings. The second-order valence-electron chi connectivity index (χ2n) is 5.01. The summed E-state index contributed by atoms with van der Waals surface area (Å²) >= 11 is 1.39. The zero-order valence-electron chi connectivity index (χ0n) is 11.5. The highest BCUT2D eigenvalue weighted by Gasteiger charge is 2.34. The van der Waals surface area contributed by atoms with Gasteiger partial charge in [-0.2, -0.15) is 0 Å². The fourth-order valence-corrected chi connectivity index (χ4v) is 2.74. The Labute approximate surface area is 125 Å². The summed E-state index contributed by atoms with van der Waals surface area (Å²) in [4.78, 5) is 26.7. The second-order valence-corrected chi connectivity index (χ2v) is 5.96. The van der Waals surface area contributed by atoms with Crippen LogP contribution in [0.5, 0.6) is 0 Å². The third-order valence-corrected chi connectivity index (χ3v) is 4.05. The first-order valence-electron chi connectivity index (χ1n) is 6.71. The second kappa shape index (κ2) is 5.69. The summed E-state index contributed by atoms with van der Waals surface area (Å²) in [5.74, 6) is 0.648. The van der Waals surface area contributed by atoms with Crippen LogP contribution < -0.4 is 5.32 Å². The van der Waals surface area contributed by atoms with Crippen LogP contribution in [0.25, 0.3) is 0 Å². The van der Waals surface area contributed by atoms with Crippen LogP contribution in [0.3, 0.4) is 0 Å². The third-order valence-electron chi connectivity index (χ3n) is 3.19. The van der Waals surface area contributed by atoms with E-state index in [0.29, 0.717) is 16.5 Å². The van der Waals surface area contributed by atoms with Gasteiger partial charge in [0.2, 0.25) is 5.91 Å². The maximum absolute atomic E-state index is 12.4. The summed E-state index contributed by atoms with van der Waals surface area (Å²) in [7, 11) is 0. The highest BCUT2D eigenvalue weighted by molar-refractivity contribution is 7.12. The number of amides is 2. The molecule has 0 saturated heterocycles. The van der Waals surface area contributed by atoms with E-state index in [1.54, 1.807) is 24.0 Å². The van der Waals surface area contributed by atoms with E-state index < -0.39 is 0 Å². The number of carbonyl (C=O) groups excluding carboxylic acids is 2. The van der Waals surface area contributed by atoms with Crippen molar-refractivity contribution in [3.05, 3.63) is 34.2 Å². The average molecular weight is 305 g/mol. The van der Waals surface area contributed by atoms with Gasteiger partial charge in [-0.25, -0.2) is 0 Å². The SMILES string of the molecule is Cc1cc(NC(=O)CN(C(=O)c2cccs2)C2CC2)no1. The standard InChI is InChI=1S/C14H15N3O3S/c1-9-7-12(16-20-9)15-13(18)8-17(10-4-5-10)14(19)11-3-2-6-21-11/h2-3,6-7,10H,4-5,8H2,1H3,(H,15,16,18). The summed E-state index contributed by atoms with van der Waals surface area (Å²) in [5.41, 5.74) is 0. The molecule has 0 unspecified atom stereocenters. The van der Waals surface area contributed by atoms with E-state index in [1.165, 1.54) is 11.3 Å². The van der Waals surface area contributed by atoms with E-state index >= 15 is 0 Å². The molecule has 2 aromatic rings. The van der Waals surface area contributed by atoms with Crippen LogP contribution in [0.2, 0.25) is 0 Å². The first-order chi connectivity index (χ1) is 10.1. The molecular weight excluding hydrogens is 290 g/mol. The van der Waals surface area contributed by atoms with Gasteiger partial charge in [0, 0.05) is 12.1 Å².